The number of ether oxygens (including phenoxy) is 2. The zero-order chi connectivity index (χ0) is 23.4. The number of esters is 1. The van der Waals surface area contributed by atoms with Crippen molar-refractivity contribution in [3.8, 4) is 17.1 Å². The van der Waals surface area contributed by atoms with Gasteiger partial charge in [-0.2, -0.15) is 9.29 Å². The number of methoxy groups -OCH3 is 2. The van der Waals surface area contributed by atoms with Crippen LogP contribution in [0.1, 0.15) is 16.2 Å². The van der Waals surface area contributed by atoms with Crippen LogP contribution in [0.3, 0.4) is 0 Å². The summed E-state index contributed by atoms with van der Waals surface area (Å²) in [5, 5.41) is 4.03. The number of piperazine rings is 1. The van der Waals surface area contributed by atoms with Gasteiger partial charge in [-0.15, -0.1) is 0 Å². The molecule has 174 valence electrons. The molecular weight excluding hydrogens is 448 g/mol. The highest BCUT2D eigenvalue weighted by molar-refractivity contribution is 7.89. The number of carbonyl (C=O) groups is 1. The second-order valence-corrected chi connectivity index (χ2v) is 9.31. The van der Waals surface area contributed by atoms with Crippen LogP contribution in [-0.4, -0.2) is 74.1 Å². The van der Waals surface area contributed by atoms with Crippen molar-refractivity contribution in [3.63, 3.8) is 0 Å². The van der Waals surface area contributed by atoms with E-state index < -0.39 is 16.0 Å². The molecule has 11 heteroatoms. The van der Waals surface area contributed by atoms with Gasteiger partial charge in [-0.05, 0) is 36.4 Å². The number of carbonyl (C=O) groups excluding carboxylic acids is 1. The van der Waals surface area contributed by atoms with E-state index >= 15 is 0 Å². The minimum Gasteiger partial charge on any atom is -0.497 e. The Kier molecular flexibility index (Phi) is 6.72. The molecule has 1 aliphatic heterocycles. The predicted octanol–water partition coefficient (Wildman–Crippen LogP) is 2.04. The third kappa shape index (κ3) is 4.90. The summed E-state index contributed by atoms with van der Waals surface area (Å²) in [4.78, 5) is 18.5. The molecule has 1 fully saturated rings. The molecule has 0 N–H and O–H groups in total. The maximum Gasteiger partial charge on any atom is 0.339 e. The van der Waals surface area contributed by atoms with E-state index in [0.29, 0.717) is 31.3 Å². The van der Waals surface area contributed by atoms with Gasteiger partial charge in [0.25, 0.3) is 0 Å². The first-order valence-electron chi connectivity index (χ1n) is 10.3. The van der Waals surface area contributed by atoms with Gasteiger partial charge in [-0.25, -0.2) is 13.2 Å². The van der Waals surface area contributed by atoms with E-state index in [4.69, 9.17) is 14.0 Å². The molecule has 33 heavy (non-hydrogen) atoms. The van der Waals surface area contributed by atoms with Crippen LogP contribution in [0.4, 0.5) is 0 Å². The minimum atomic E-state index is -3.84. The zero-order valence-corrected chi connectivity index (χ0v) is 19.1. The molecular formula is C22H24N4O6S. The molecule has 10 nitrogen and oxygen atoms in total. The van der Waals surface area contributed by atoms with Crippen molar-refractivity contribution in [2.75, 3.05) is 40.4 Å². The average Bonchev–Trinajstić information content (AvgIpc) is 3.32. The number of benzene rings is 2. The maximum absolute atomic E-state index is 13.1. The molecule has 2 heterocycles. The standard InChI is InChI=1S/C22H24N4O6S/c1-30-17-9-7-16(8-10-17)21-23-20(32-24-21)15-25-11-13-26(14-12-25)33(28,29)19-6-4-3-5-18(19)22(27)31-2/h3-10H,11-15H2,1-2H3. The van der Waals surface area contributed by atoms with E-state index in [9.17, 15) is 13.2 Å². The Bertz CT molecular complexity index is 1220. The topological polar surface area (TPSA) is 115 Å². The molecule has 0 atom stereocenters. The van der Waals surface area contributed by atoms with Gasteiger partial charge in [-0.1, -0.05) is 17.3 Å². The molecule has 0 bridgehead atoms. The van der Waals surface area contributed by atoms with E-state index in [0.717, 1.165) is 11.3 Å². The maximum atomic E-state index is 13.1. The number of hydrogen-bond donors (Lipinski definition) is 0. The van der Waals surface area contributed by atoms with Gasteiger partial charge in [0.2, 0.25) is 21.7 Å². The second kappa shape index (κ2) is 9.69. The number of aromatic nitrogens is 2. The summed E-state index contributed by atoms with van der Waals surface area (Å²) in [5.41, 5.74) is 0.838. The summed E-state index contributed by atoms with van der Waals surface area (Å²) in [6.07, 6.45) is 0. The fraction of sp³-hybridized carbons (Fsp3) is 0.318. The van der Waals surface area contributed by atoms with Crippen molar-refractivity contribution in [2.45, 2.75) is 11.4 Å². The van der Waals surface area contributed by atoms with E-state index in [1.165, 1.54) is 23.5 Å². The smallest absolute Gasteiger partial charge is 0.339 e. The molecule has 3 aromatic rings. The predicted molar refractivity (Wildman–Crippen MR) is 118 cm³/mol. The zero-order valence-electron chi connectivity index (χ0n) is 18.3. The van der Waals surface area contributed by atoms with Crippen LogP contribution in [0.15, 0.2) is 57.9 Å². The summed E-state index contributed by atoms with van der Waals surface area (Å²) in [6.45, 7) is 1.93. The lowest BCUT2D eigenvalue weighted by atomic mass is 10.2. The van der Waals surface area contributed by atoms with Crippen molar-refractivity contribution >= 4 is 16.0 Å². The number of nitrogens with zero attached hydrogens (tertiary/aromatic N) is 4. The summed E-state index contributed by atoms with van der Waals surface area (Å²) in [6, 6.07) is 13.4. The summed E-state index contributed by atoms with van der Waals surface area (Å²) >= 11 is 0. The molecule has 0 aliphatic carbocycles. The molecule has 0 spiro atoms. The quantitative estimate of drug-likeness (QED) is 0.476. The van der Waals surface area contributed by atoms with Crippen LogP contribution in [0.25, 0.3) is 11.4 Å². The lowest BCUT2D eigenvalue weighted by Crippen LogP contribution is -2.48. The van der Waals surface area contributed by atoms with Crippen LogP contribution in [-0.2, 0) is 21.3 Å². The molecule has 4 rings (SSSR count). The highest BCUT2D eigenvalue weighted by Crippen LogP contribution is 2.23. The third-order valence-corrected chi connectivity index (χ3v) is 7.37. The largest absolute Gasteiger partial charge is 0.497 e. The molecule has 1 aromatic heterocycles. The van der Waals surface area contributed by atoms with Crippen LogP contribution in [0, 0.1) is 0 Å². The van der Waals surface area contributed by atoms with E-state index in [-0.39, 0.29) is 23.5 Å². The Hall–Kier alpha value is -3.28. The van der Waals surface area contributed by atoms with Crippen molar-refractivity contribution < 1.29 is 27.2 Å². The molecule has 0 saturated carbocycles. The first-order chi connectivity index (χ1) is 15.9. The molecule has 0 unspecified atom stereocenters. The van der Waals surface area contributed by atoms with Crippen LogP contribution >= 0.6 is 0 Å². The molecule has 2 aromatic carbocycles. The Morgan fingerprint density at radius 2 is 1.73 bits per heavy atom. The van der Waals surface area contributed by atoms with Crippen molar-refractivity contribution in [2.24, 2.45) is 0 Å². The fourth-order valence-corrected chi connectivity index (χ4v) is 5.21. The fourth-order valence-electron chi connectivity index (χ4n) is 3.60. The second-order valence-electron chi connectivity index (χ2n) is 7.41. The Labute approximate surface area is 191 Å². The summed E-state index contributed by atoms with van der Waals surface area (Å²) in [7, 11) is -1.01. The molecule has 0 radical (unpaired) electrons. The number of rotatable bonds is 7. The Morgan fingerprint density at radius 1 is 1.03 bits per heavy atom. The van der Waals surface area contributed by atoms with E-state index in [2.05, 4.69) is 10.1 Å². The van der Waals surface area contributed by atoms with Gasteiger partial charge >= 0.3 is 5.97 Å². The van der Waals surface area contributed by atoms with Crippen molar-refractivity contribution in [1.82, 2.24) is 19.3 Å². The Balaban J connectivity index is 1.40. The highest BCUT2D eigenvalue weighted by atomic mass is 32.2. The van der Waals surface area contributed by atoms with Gasteiger partial charge in [-0.3, -0.25) is 4.90 Å². The van der Waals surface area contributed by atoms with Crippen molar-refractivity contribution in [1.29, 1.82) is 0 Å². The van der Waals surface area contributed by atoms with Crippen LogP contribution < -0.4 is 4.74 Å². The van der Waals surface area contributed by atoms with Gasteiger partial charge in [0.1, 0.15) is 5.75 Å². The van der Waals surface area contributed by atoms with E-state index in [1.54, 1.807) is 19.2 Å². The number of sulfonamides is 1. The lowest BCUT2D eigenvalue weighted by molar-refractivity contribution is 0.0596. The lowest BCUT2D eigenvalue weighted by Gasteiger charge is -2.33. The van der Waals surface area contributed by atoms with Gasteiger partial charge in [0.05, 0.1) is 31.2 Å². The first kappa shape index (κ1) is 22.9. The van der Waals surface area contributed by atoms with Crippen LogP contribution in [0.2, 0.25) is 0 Å². The summed E-state index contributed by atoms with van der Waals surface area (Å²) < 4.78 is 42.9. The van der Waals surface area contributed by atoms with Crippen LogP contribution in [0.5, 0.6) is 5.75 Å². The molecule has 1 aliphatic rings. The van der Waals surface area contributed by atoms with Gasteiger partial charge in [0.15, 0.2) is 0 Å². The molecule has 0 amide bonds. The highest BCUT2D eigenvalue weighted by Gasteiger charge is 2.32. The average molecular weight is 473 g/mol. The van der Waals surface area contributed by atoms with E-state index in [1.807, 2.05) is 29.2 Å². The SMILES string of the molecule is COC(=O)c1ccccc1S(=O)(=O)N1CCN(Cc2nc(-c3ccc(OC)cc3)no2)CC1. The minimum absolute atomic E-state index is 0.0272. The van der Waals surface area contributed by atoms with Gasteiger partial charge in [0, 0.05) is 31.7 Å². The molecule has 1 saturated heterocycles. The van der Waals surface area contributed by atoms with Gasteiger partial charge < -0.3 is 14.0 Å². The third-order valence-electron chi connectivity index (χ3n) is 5.42. The monoisotopic (exact) mass is 472 g/mol. The first-order valence-corrected chi connectivity index (χ1v) is 11.7. The van der Waals surface area contributed by atoms with Crippen molar-refractivity contribution in [3.05, 3.63) is 60.0 Å². The summed E-state index contributed by atoms with van der Waals surface area (Å²) in [5.74, 6) is 0.989. The Morgan fingerprint density at radius 3 is 2.39 bits per heavy atom. The number of hydrogen-bond acceptors (Lipinski definition) is 9. The normalized spacial score (nSPS) is 15.3.